The molecule has 2 aromatic heterocycles. The van der Waals surface area contributed by atoms with Gasteiger partial charge in [0.2, 0.25) is 5.95 Å². The number of aryl methyl sites for hydroxylation is 1. The zero-order valence-corrected chi connectivity index (χ0v) is 12.4. The standard InChI is InChI=1S/C11H11FN6S2/c1-3-18-9(12)7(6-15-18)5-14-16-10-8(4-13)11(19-2)17-20-10/h5-6,16H,3H2,1-2H3. The Kier molecular flexibility index (Phi) is 4.70. The van der Waals surface area contributed by atoms with Crippen LogP contribution in [0.15, 0.2) is 16.3 Å². The number of nitrogens with one attached hydrogen (secondary N) is 1. The summed E-state index contributed by atoms with van der Waals surface area (Å²) in [5.74, 6) is -0.437. The highest BCUT2D eigenvalue weighted by molar-refractivity contribution is 7.98. The highest BCUT2D eigenvalue weighted by Crippen LogP contribution is 2.29. The third kappa shape index (κ3) is 2.81. The van der Waals surface area contributed by atoms with Crippen molar-refractivity contribution in [3.05, 3.63) is 23.3 Å². The van der Waals surface area contributed by atoms with Gasteiger partial charge in [0.25, 0.3) is 0 Å². The number of aromatic nitrogens is 3. The van der Waals surface area contributed by atoms with Crippen molar-refractivity contribution in [1.29, 1.82) is 5.26 Å². The summed E-state index contributed by atoms with van der Waals surface area (Å²) in [6, 6.07) is 2.07. The van der Waals surface area contributed by atoms with Crippen LogP contribution in [0.5, 0.6) is 0 Å². The number of nitriles is 1. The van der Waals surface area contributed by atoms with Crippen LogP contribution in [0.2, 0.25) is 0 Å². The van der Waals surface area contributed by atoms with Gasteiger partial charge in [0, 0.05) is 6.54 Å². The molecule has 0 aromatic carbocycles. The Labute approximate surface area is 123 Å². The minimum Gasteiger partial charge on any atom is -0.266 e. The topological polar surface area (TPSA) is 78.9 Å². The molecule has 0 spiro atoms. The molecule has 0 aliphatic rings. The first-order valence-electron chi connectivity index (χ1n) is 5.65. The fourth-order valence-electron chi connectivity index (χ4n) is 1.44. The van der Waals surface area contributed by atoms with Crippen molar-refractivity contribution in [3.63, 3.8) is 0 Å². The number of anilines is 1. The maximum Gasteiger partial charge on any atom is 0.220 e. The van der Waals surface area contributed by atoms with Gasteiger partial charge in [0.1, 0.15) is 21.7 Å². The smallest absolute Gasteiger partial charge is 0.220 e. The van der Waals surface area contributed by atoms with Crippen molar-refractivity contribution in [2.75, 3.05) is 11.7 Å². The summed E-state index contributed by atoms with van der Waals surface area (Å²) in [4.78, 5) is 0. The van der Waals surface area contributed by atoms with Gasteiger partial charge in [-0.15, -0.1) is 11.8 Å². The second-order valence-corrected chi connectivity index (χ2v) is 5.15. The van der Waals surface area contributed by atoms with E-state index in [2.05, 4.69) is 26.1 Å². The molecule has 104 valence electrons. The second-order valence-electron chi connectivity index (χ2n) is 3.58. The summed E-state index contributed by atoms with van der Waals surface area (Å²) < 4.78 is 19.0. The zero-order valence-electron chi connectivity index (χ0n) is 10.8. The molecule has 0 aliphatic carbocycles. The highest BCUT2D eigenvalue weighted by Gasteiger charge is 2.12. The molecule has 2 rings (SSSR count). The van der Waals surface area contributed by atoms with E-state index in [0.29, 0.717) is 22.1 Å². The number of hydrogen-bond donors (Lipinski definition) is 1. The van der Waals surface area contributed by atoms with E-state index in [4.69, 9.17) is 5.26 Å². The summed E-state index contributed by atoms with van der Waals surface area (Å²) in [5.41, 5.74) is 3.44. The second kappa shape index (κ2) is 6.49. The normalized spacial score (nSPS) is 10.9. The van der Waals surface area contributed by atoms with Crippen LogP contribution >= 0.6 is 23.3 Å². The fraction of sp³-hybridized carbons (Fsp3) is 0.273. The van der Waals surface area contributed by atoms with Crippen LogP contribution in [-0.4, -0.2) is 26.6 Å². The first-order valence-corrected chi connectivity index (χ1v) is 7.65. The quantitative estimate of drug-likeness (QED) is 0.521. The van der Waals surface area contributed by atoms with Gasteiger partial charge in [-0.1, -0.05) is 0 Å². The van der Waals surface area contributed by atoms with E-state index < -0.39 is 5.95 Å². The molecular weight excluding hydrogens is 299 g/mol. The Morgan fingerprint density at radius 3 is 3.10 bits per heavy atom. The predicted molar refractivity (Wildman–Crippen MR) is 77.7 cm³/mol. The monoisotopic (exact) mass is 310 g/mol. The number of nitrogens with zero attached hydrogens (tertiary/aromatic N) is 5. The van der Waals surface area contributed by atoms with Crippen molar-refractivity contribution in [2.24, 2.45) is 5.10 Å². The van der Waals surface area contributed by atoms with E-state index in [0.717, 1.165) is 11.5 Å². The summed E-state index contributed by atoms with van der Waals surface area (Å²) in [7, 11) is 0. The van der Waals surface area contributed by atoms with Gasteiger partial charge in [-0.25, -0.2) is 4.68 Å². The third-order valence-corrected chi connectivity index (χ3v) is 3.99. The molecule has 9 heteroatoms. The summed E-state index contributed by atoms with van der Waals surface area (Å²) in [6.45, 7) is 2.26. The Hall–Kier alpha value is -1.92. The number of halogens is 1. The highest BCUT2D eigenvalue weighted by atomic mass is 32.2. The van der Waals surface area contributed by atoms with Crippen LogP contribution in [0.4, 0.5) is 9.39 Å². The van der Waals surface area contributed by atoms with Crippen LogP contribution < -0.4 is 5.43 Å². The molecule has 20 heavy (non-hydrogen) atoms. The van der Waals surface area contributed by atoms with Gasteiger partial charge in [-0.3, -0.25) is 5.43 Å². The van der Waals surface area contributed by atoms with E-state index in [1.807, 2.05) is 6.26 Å². The van der Waals surface area contributed by atoms with Crippen molar-refractivity contribution in [3.8, 4) is 6.07 Å². The van der Waals surface area contributed by atoms with Crippen LogP contribution in [-0.2, 0) is 6.54 Å². The molecule has 2 heterocycles. The van der Waals surface area contributed by atoms with Crippen molar-refractivity contribution >= 4 is 34.5 Å². The molecule has 0 saturated carbocycles. The Morgan fingerprint density at radius 2 is 2.50 bits per heavy atom. The molecule has 0 atom stereocenters. The number of hydrogen-bond acceptors (Lipinski definition) is 7. The van der Waals surface area contributed by atoms with Crippen molar-refractivity contribution in [1.82, 2.24) is 14.2 Å². The van der Waals surface area contributed by atoms with Crippen LogP contribution in [0.3, 0.4) is 0 Å². The summed E-state index contributed by atoms with van der Waals surface area (Å²) in [5, 5.41) is 18.0. The van der Waals surface area contributed by atoms with E-state index in [1.165, 1.54) is 28.9 Å². The van der Waals surface area contributed by atoms with E-state index in [1.54, 1.807) is 6.92 Å². The molecule has 0 amide bonds. The van der Waals surface area contributed by atoms with Crippen molar-refractivity contribution < 1.29 is 4.39 Å². The molecular formula is C11H11FN6S2. The maximum absolute atomic E-state index is 13.7. The van der Waals surface area contributed by atoms with E-state index in [9.17, 15) is 4.39 Å². The SMILES string of the molecule is CCn1ncc(C=NNc2snc(SC)c2C#N)c1F. The Morgan fingerprint density at radius 1 is 1.70 bits per heavy atom. The first kappa shape index (κ1) is 14.5. The summed E-state index contributed by atoms with van der Waals surface area (Å²) in [6.07, 6.45) is 4.57. The van der Waals surface area contributed by atoms with E-state index >= 15 is 0 Å². The largest absolute Gasteiger partial charge is 0.266 e. The lowest BCUT2D eigenvalue weighted by Gasteiger charge is -1.96. The minimum absolute atomic E-state index is 0.285. The Balaban J connectivity index is 2.12. The fourth-order valence-corrected chi connectivity index (χ4v) is 2.86. The average Bonchev–Trinajstić information content (AvgIpc) is 3.02. The lowest BCUT2D eigenvalue weighted by atomic mass is 10.4. The Bertz CT molecular complexity index is 669. The van der Waals surface area contributed by atoms with Gasteiger partial charge in [0.05, 0.1) is 18.0 Å². The molecule has 0 aliphatic heterocycles. The zero-order chi connectivity index (χ0) is 14.5. The van der Waals surface area contributed by atoms with Gasteiger partial charge in [0.15, 0.2) is 0 Å². The average molecular weight is 310 g/mol. The lowest BCUT2D eigenvalue weighted by molar-refractivity contribution is 0.470. The van der Waals surface area contributed by atoms with E-state index in [-0.39, 0.29) is 5.56 Å². The molecule has 6 nitrogen and oxygen atoms in total. The molecule has 1 N–H and O–H groups in total. The predicted octanol–water partition coefficient (Wildman–Crippen LogP) is 2.54. The van der Waals surface area contributed by atoms with Gasteiger partial charge < -0.3 is 0 Å². The first-order chi connectivity index (χ1) is 9.71. The number of rotatable bonds is 5. The van der Waals surface area contributed by atoms with Gasteiger partial charge in [-0.2, -0.15) is 24.2 Å². The summed E-state index contributed by atoms with van der Waals surface area (Å²) >= 11 is 2.53. The van der Waals surface area contributed by atoms with Gasteiger partial charge in [-0.05, 0) is 24.7 Å². The molecule has 0 bridgehead atoms. The molecule has 2 aromatic rings. The number of hydrazone groups is 1. The third-order valence-electron chi connectivity index (χ3n) is 2.44. The van der Waals surface area contributed by atoms with Crippen molar-refractivity contribution in [2.45, 2.75) is 18.5 Å². The maximum atomic E-state index is 13.7. The van der Waals surface area contributed by atoms with Crippen LogP contribution in [0.1, 0.15) is 18.1 Å². The lowest BCUT2D eigenvalue weighted by Crippen LogP contribution is -2.00. The van der Waals surface area contributed by atoms with Crippen LogP contribution in [0.25, 0.3) is 0 Å². The number of thioether (sulfide) groups is 1. The minimum atomic E-state index is -0.437. The molecule has 0 fully saturated rings. The molecule has 0 unspecified atom stereocenters. The molecule has 0 saturated heterocycles. The van der Waals surface area contributed by atoms with Crippen LogP contribution in [0, 0.1) is 17.3 Å². The molecule has 0 radical (unpaired) electrons. The van der Waals surface area contributed by atoms with Gasteiger partial charge >= 0.3 is 0 Å².